The number of hydrogen-bond acceptors (Lipinski definition) is 3. The minimum atomic E-state index is 0.0219. The number of H-pyrrole nitrogens is 1. The molecule has 1 aromatic heterocycles. The zero-order chi connectivity index (χ0) is 11.5. The predicted octanol–water partition coefficient (Wildman–Crippen LogP) is 2.90. The van der Waals surface area contributed by atoms with Crippen LogP contribution >= 0.6 is 34.4 Å². The van der Waals surface area contributed by atoms with Gasteiger partial charge in [0.1, 0.15) is 5.82 Å². The molecule has 88 valence electrons. The maximum Gasteiger partial charge on any atom is 0.264 e. The van der Waals surface area contributed by atoms with E-state index in [1.165, 1.54) is 18.6 Å². The number of aromatic amines is 1. The first-order chi connectivity index (χ1) is 7.72. The summed E-state index contributed by atoms with van der Waals surface area (Å²) in [7, 11) is 0. The molecular weight excluding hydrogens is 335 g/mol. The van der Waals surface area contributed by atoms with E-state index in [9.17, 15) is 4.79 Å². The van der Waals surface area contributed by atoms with Gasteiger partial charge in [-0.1, -0.05) is 13.3 Å². The first-order valence-electron chi connectivity index (χ1n) is 5.62. The lowest BCUT2D eigenvalue weighted by atomic mass is 10.2. The van der Waals surface area contributed by atoms with Gasteiger partial charge < -0.3 is 4.98 Å². The van der Waals surface area contributed by atoms with Crippen LogP contribution in [0.3, 0.4) is 0 Å². The third kappa shape index (κ3) is 2.61. The van der Waals surface area contributed by atoms with Crippen LogP contribution in [-0.4, -0.2) is 15.7 Å². The molecule has 1 unspecified atom stereocenters. The average molecular weight is 350 g/mol. The maximum atomic E-state index is 11.7. The molecule has 1 aliphatic heterocycles. The lowest BCUT2D eigenvalue weighted by Gasteiger charge is -2.20. The highest BCUT2D eigenvalue weighted by atomic mass is 127. The molecule has 0 spiro atoms. The van der Waals surface area contributed by atoms with Gasteiger partial charge in [0.05, 0.1) is 14.5 Å². The van der Waals surface area contributed by atoms with E-state index in [4.69, 9.17) is 0 Å². The third-order valence-corrected chi connectivity index (χ3v) is 5.27. The summed E-state index contributed by atoms with van der Waals surface area (Å²) in [6.07, 6.45) is 4.50. The summed E-state index contributed by atoms with van der Waals surface area (Å²) in [6, 6.07) is 0. The quantitative estimate of drug-likeness (QED) is 0.835. The number of thioether (sulfide) groups is 1. The normalized spacial score (nSPS) is 21.0. The van der Waals surface area contributed by atoms with E-state index in [1.807, 2.05) is 18.7 Å². The van der Waals surface area contributed by atoms with Crippen LogP contribution in [0, 0.1) is 3.57 Å². The fourth-order valence-corrected chi connectivity index (χ4v) is 3.76. The molecule has 16 heavy (non-hydrogen) atoms. The third-order valence-electron chi connectivity index (χ3n) is 2.77. The second-order valence-electron chi connectivity index (χ2n) is 3.92. The topological polar surface area (TPSA) is 45.8 Å². The number of nitrogens with zero attached hydrogens (tertiary/aromatic N) is 1. The second-order valence-corrected chi connectivity index (χ2v) is 6.31. The first-order valence-corrected chi connectivity index (χ1v) is 7.75. The van der Waals surface area contributed by atoms with Gasteiger partial charge in [0.2, 0.25) is 0 Å². The maximum absolute atomic E-state index is 11.7. The van der Waals surface area contributed by atoms with Crippen molar-refractivity contribution in [1.29, 1.82) is 0 Å². The van der Waals surface area contributed by atoms with Crippen molar-refractivity contribution in [3.05, 3.63) is 25.4 Å². The number of aromatic nitrogens is 2. The van der Waals surface area contributed by atoms with Crippen LogP contribution in [0.25, 0.3) is 0 Å². The lowest BCUT2D eigenvalue weighted by Crippen LogP contribution is -2.20. The Bertz CT molecular complexity index is 426. The fourth-order valence-electron chi connectivity index (χ4n) is 1.87. The molecule has 2 rings (SSSR count). The molecule has 1 saturated heterocycles. The largest absolute Gasteiger partial charge is 0.309 e. The Labute approximate surface area is 113 Å². The van der Waals surface area contributed by atoms with Crippen molar-refractivity contribution in [2.24, 2.45) is 0 Å². The monoisotopic (exact) mass is 350 g/mol. The van der Waals surface area contributed by atoms with Crippen LogP contribution in [0.1, 0.15) is 43.0 Å². The fraction of sp³-hybridized carbons (Fsp3) is 0.636. The highest BCUT2D eigenvalue weighted by Crippen LogP contribution is 2.36. The van der Waals surface area contributed by atoms with Crippen molar-refractivity contribution < 1.29 is 0 Å². The van der Waals surface area contributed by atoms with Crippen LogP contribution in [0.5, 0.6) is 0 Å². The summed E-state index contributed by atoms with van der Waals surface area (Å²) in [5, 5.41) is 0.392. The molecule has 1 aliphatic rings. The minimum absolute atomic E-state index is 0.0219. The van der Waals surface area contributed by atoms with Gasteiger partial charge >= 0.3 is 0 Å². The summed E-state index contributed by atoms with van der Waals surface area (Å²) in [5.74, 6) is 2.06. The molecule has 2 heterocycles. The van der Waals surface area contributed by atoms with Crippen molar-refractivity contribution in [2.45, 2.75) is 37.9 Å². The zero-order valence-electron chi connectivity index (χ0n) is 9.25. The number of nitrogens with one attached hydrogen (secondary N) is 1. The van der Waals surface area contributed by atoms with Gasteiger partial charge in [-0.15, -0.1) is 0 Å². The van der Waals surface area contributed by atoms with Crippen LogP contribution in [0.15, 0.2) is 4.79 Å². The van der Waals surface area contributed by atoms with Crippen molar-refractivity contribution >= 4 is 34.4 Å². The molecule has 0 bridgehead atoms. The second kappa shape index (κ2) is 5.53. The molecule has 1 aromatic rings. The van der Waals surface area contributed by atoms with Crippen LogP contribution in [0.4, 0.5) is 0 Å². The summed E-state index contributed by atoms with van der Waals surface area (Å²) < 4.78 is 0.740. The highest BCUT2D eigenvalue weighted by molar-refractivity contribution is 14.1. The Morgan fingerprint density at radius 2 is 2.38 bits per heavy atom. The summed E-state index contributed by atoms with van der Waals surface area (Å²) in [6.45, 7) is 2.04. The van der Waals surface area contributed by atoms with Crippen molar-refractivity contribution in [2.75, 3.05) is 5.75 Å². The Morgan fingerprint density at radius 1 is 1.56 bits per heavy atom. The molecule has 1 fully saturated rings. The summed E-state index contributed by atoms with van der Waals surface area (Å²) in [4.78, 5) is 19.3. The van der Waals surface area contributed by atoms with E-state index in [0.717, 1.165) is 27.9 Å². The Hall–Kier alpha value is -0.0400. The minimum Gasteiger partial charge on any atom is -0.309 e. The van der Waals surface area contributed by atoms with Gasteiger partial charge in [0.25, 0.3) is 5.56 Å². The number of halogens is 1. The smallest absolute Gasteiger partial charge is 0.264 e. The molecule has 0 amide bonds. The average Bonchev–Trinajstić information content (AvgIpc) is 2.33. The highest BCUT2D eigenvalue weighted by Gasteiger charge is 2.19. The van der Waals surface area contributed by atoms with Gasteiger partial charge in [0, 0.05) is 0 Å². The number of hydrogen-bond donors (Lipinski definition) is 1. The van der Waals surface area contributed by atoms with E-state index in [1.54, 1.807) is 0 Å². The lowest BCUT2D eigenvalue weighted by molar-refractivity contribution is 0.655. The summed E-state index contributed by atoms with van der Waals surface area (Å²) >= 11 is 3.99. The Morgan fingerprint density at radius 3 is 3.00 bits per heavy atom. The van der Waals surface area contributed by atoms with Crippen molar-refractivity contribution in [3.8, 4) is 0 Å². The van der Waals surface area contributed by atoms with Crippen LogP contribution in [0.2, 0.25) is 0 Å². The van der Waals surface area contributed by atoms with Gasteiger partial charge in [-0.25, -0.2) is 4.98 Å². The van der Waals surface area contributed by atoms with E-state index >= 15 is 0 Å². The molecule has 0 saturated carbocycles. The predicted molar refractivity (Wildman–Crippen MR) is 76.0 cm³/mol. The standard InChI is InChI=1S/C11H15IN2OS/c1-2-7-9(12)11(15)14-10(13-7)8-5-3-4-6-16-8/h8H,2-6H2,1H3,(H,13,14,15). The molecular formula is C11H15IN2OS. The van der Waals surface area contributed by atoms with Crippen LogP contribution < -0.4 is 5.56 Å². The van der Waals surface area contributed by atoms with Crippen molar-refractivity contribution in [1.82, 2.24) is 9.97 Å². The molecule has 1 N–H and O–H groups in total. The van der Waals surface area contributed by atoms with Crippen molar-refractivity contribution in [3.63, 3.8) is 0 Å². The molecule has 1 atom stereocenters. The van der Waals surface area contributed by atoms with Gasteiger partial charge in [-0.3, -0.25) is 4.79 Å². The van der Waals surface area contributed by atoms with Gasteiger partial charge in [-0.2, -0.15) is 11.8 Å². The molecule has 0 aromatic carbocycles. The molecule has 5 heteroatoms. The van der Waals surface area contributed by atoms with Gasteiger partial charge in [-0.05, 0) is 47.6 Å². The molecule has 0 radical (unpaired) electrons. The molecule has 0 aliphatic carbocycles. The molecule has 3 nitrogen and oxygen atoms in total. The Kier molecular flexibility index (Phi) is 4.29. The SMILES string of the molecule is CCc1nc(C2CCCCS2)[nH]c(=O)c1I. The van der Waals surface area contributed by atoms with Crippen LogP contribution in [-0.2, 0) is 6.42 Å². The van der Waals surface area contributed by atoms with E-state index in [-0.39, 0.29) is 5.56 Å². The van der Waals surface area contributed by atoms with E-state index in [0.29, 0.717) is 5.25 Å². The first kappa shape index (κ1) is 12.4. The zero-order valence-corrected chi connectivity index (χ0v) is 12.2. The number of aryl methyl sites for hydroxylation is 1. The van der Waals surface area contributed by atoms with E-state index in [2.05, 4.69) is 32.6 Å². The Balaban J connectivity index is 2.33. The van der Waals surface area contributed by atoms with E-state index < -0.39 is 0 Å². The number of rotatable bonds is 2. The van der Waals surface area contributed by atoms with Gasteiger partial charge in [0.15, 0.2) is 0 Å². The summed E-state index contributed by atoms with van der Waals surface area (Å²) in [5.41, 5.74) is 0.958.